The number of benzene rings is 3. The van der Waals surface area contributed by atoms with Gasteiger partial charge in [0.05, 0.1) is 11.3 Å². The molecular formula is C25H22F3NO3. The molecule has 0 aromatic heterocycles. The molecule has 4 rings (SSSR count). The van der Waals surface area contributed by atoms with Gasteiger partial charge in [0.25, 0.3) is 5.91 Å². The third kappa shape index (κ3) is 5.04. The number of carbonyl (C=O) groups is 1. The molecule has 0 atom stereocenters. The molecule has 166 valence electrons. The van der Waals surface area contributed by atoms with E-state index in [9.17, 15) is 18.0 Å². The van der Waals surface area contributed by atoms with Gasteiger partial charge in [-0.25, -0.2) is 0 Å². The lowest BCUT2D eigenvalue weighted by atomic mass is 9.87. The van der Waals surface area contributed by atoms with E-state index in [1.807, 2.05) is 18.2 Å². The van der Waals surface area contributed by atoms with Gasteiger partial charge in [-0.05, 0) is 52.8 Å². The van der Waals surface area contributed by atoms with Crippen molar-refractivity contribution < 1.29 is 27.4 Å². The van der Waals surface area contributed by atoms with Crippen molar-refractivity contribution in [1.82, 2.24) is 0 Å². The zero-order chi connectivity index (χ0) is 23.1. The topological polar surface area (TPSA) is 47.6 Å². The molecule has 1 aliphatic rings. The second-order valence-corrected chi connectivity index (χ2v) is 8.91. The summed E-state index contributed by atoms with van der Waals surface area (Å²) in [5.74, 6) is -0.367. The van der Waals surface area contributed by atoms with Crippen molar-refractivity contribution in [3.63, 3.8) is 0 Å². The Morgan fingerprint density at radius 2 is 1.66 bits per heavy atom. The monoisotopic (exact) mass is 441 g/mol. The molecule has 32 heavy (non-hydrogen) atoms. The standard InChI is InChI=1S/C25H22F3NO3/c1-24(2,3)14-15-5-4-6-16(11-15)17-7-9-19-22(12-17)31-21-10-8-18(32-25(26,27)28)13-20(21)29-23(19)30/h4-13H,14H2,1-3H3,(H,29,30). The van der Waals surface area contributed by atoms with Crippen molar-refractivity contribution >= 4 is 11.6 Å². The minimum absolute atomic E-state index is 0.0988. The summed E-state index contributed by atoms with van der Waals surface area (Å²) < 4.78 is 47.4. The highest BCUT2D eigenvalue weighted by Gasteiger charge is 2.32. The summed E-state index contributed by atoms with van der Waals surface area (Å²) >= 11 is 0. The van der Waals surface area contributed by atoms with Crippen LogP contribution in [0.1, 0.15) is 36.7 Å². The Morgan fingerprint density at radius 1 is 0.906 bits per heavy atom. The molecule has 0 bridgehead atoms. The van der Waals surface area contributed by atoms with Gasteiger partial charge >= 0.3 is 6.36 Å². The predicted octanol–water partition coefficient (Wildman–Crippen LogP) is 7.20. The fourth-order valence-electron chi connectivity index (χ4n) is 3.65. The van der Waals surface area contributed by atoms with Gasteiger partial charge in [-0.3, -0.25) is 4.79 Å². The summed E-state index contributed by atoms with van der Waals surface area (Å²) in [6.45, 7) is 6.53. The number of fused-ring (bicyclic) bond motifs is 2. The third-order valence-electron chi connectivity index (χ3n) is 4.87. The Kier molecular flexibility index (Phi) is 5.36. The van der Waals surface area contributed by atoms with Gasteiger partial charge in [0.15, 0.2) is 5.75 Å². The van der Waals surface area contributed by atoms with Gasteiger partial charge in [-0.2, -0.15) is 0 Å². The molecule has 7 heteroatoms. The normalized spacial score (nSPS) is 13.4. The first-order valence-corrected chi connectivity index (χ1v) is 10.1. The second-order valence-electron chi connectivity index (χ2n) is 8.91. The summed E-state index contributed by atoms with van der Waals surface area (Å²) in [7, 11) is 0. The molecular weight excluding hydrogens is 419 g/mol. The highest BCUT2D eigenvalue weighted by molar-refractivity contribution is 6.08. The number of rotatable bonds is 3. The lowest BCUT2D eigenvalue weighted by molar-refractivity contribution is -0.274. The molecule has 4 nitrogen and oxygen atoms in total. The van der Waals surface area contributed by atoms with Crippen LogP contribution in [0.3, 0.4) is 0 Å². The van der Waals surface area contributed by atoms with Crippen LogP contribution in [0.2, 0.25) is 0 Å². The summed E-state index contributed by atoms with van der Waals surface area (Å²) in [5.41, 5.74) is 3.58. The van der Waals surface area contributed by atoms with Crippen LogP contribution < -0.4 is 14.8 Å². The highest BCUT2D eigenvalue weighted by atomic mass is 19.4. The summed E-state index contributed by atoms with van der Waals surface area (Å²) in [5, 5.41) is 2.59. The van der Waals surface area contributed by atoms with Gasteiger partial charge in [-0.15, -0.1) is 13.2 Å². The van der Waals surface area contributed by atoms with E-state index in [-0.39, 0.29) is 22.4 Å². The maximum absolute atomic E-state index is 12.7. The third-order valence-corrected chi connectivity index (χ3v) is 4.87. The molecule has 0 spiro atoms. The van der Waals surface area contributed by atoms with E-state index in [0.717, 1.165) is 29.7 Å². The fraction of sp³-hybridized carbons (Fsp3) is 0.240. The highest BCUT2D eigenvalue weighted by Crippen LogP contribution is 2.40. The maximum Gasteiger partial charge on any atom is 0.573 e. The Labute approximate surface area is 184 Å². The maximum atomic E-state index is 12.7. The van der Waals surface area contributed by atoms with Crippen LogP contribution >= 0.6 is 0 Å². The first-order chi connectivity index (χ1) is 15.0. The number of hydrogen-bond donors (Lipinski definition) is 1. The molecule has 1 heterocycles. The molecule has 0 aliphatic carbocycles. The molecule has 0 radical (unpaired) electrons. The molecule has 3 aromatic carbocycles. The van der Waals surface area contributed by atoms with Crippen LogP contribution in [0.4, 0.5) is 18.9 Å². The summed E-state index contributed by atoms with van der Waals surface area (Å²) in [6.07, 6.45) is -3.91. The number of alkyl halides is 3. The number of halogens is 3. The van der Waals surface area contributed by atoms with Crippen molar-refractivity contribution in [3.8, 4) is 28.4 Å². The van der Waals surface area contributed by atoms with Crippen LogP contribution in [0.15, 0.2) is 60.7 Å². The zero-order valence-corrected chi connectivity index (χ0v) is 17.8. The second kappa shape index (κ2) is 7.89. The molecule has 3 aromatic rings. The lowest BCUT2D eigenvalue weighted by Crippen LogP contribution is -2.17. The van der Waals surface area contributed by atoms with Crippen LogP contribution in [-0.4, -0.2) is 12.3 Å². The first-order valence-electron chi connectivity index (χ1n) is 10.1. The average Bonchev–Trinajstić information content (AvgIpc) is 2.80. The molecule has 0 saturated carbocycles. The zero-order valence-electron chi connectivity index (χ0n) is 17.8. The van der Waals surface area contributed by atoms with E-state index >= 15 is 0 Å². The predicted molar refractivity (Wildman–Crippen MR) is 116 cm³/mol. The van der Waals surface area contributed by atoms with E-state index in [1.165, 1.54) is 11.6 Å². The van der Waals surface area contributed by atoms with Crippen LogP contribution in [0, 0.1) is 5.41 Å². The fourth-order valence-corrected chi connectivity index (χ4v) is 3.65. The molecule has 0 saturated heterocycles. The largest absolute Gasteiger partial charge is 0.573 e. The van der Waals surface area contributed by atoms with Gasteiger partial charge < -0.3 is 14.8 Å². The van der Waals surface area contributed by atoms with E-state index in [1.54, 1.807) is 12.1 Å². The Bertz CT molecular complexity index is 1180. The van der Waals surface area contributed by atoms with Crippen molar-refractivity contribution in [2.24, 2.45) is 5.41 Å². The van der Waals surface area contributed by atoms with E-state index in [4.69, 9.17) is 4.74 Å². The molecule has 1 aliphatic heterocycles. The van der Waals surface area contributed by atoms with Gasteiger partial charge in [0.2, 0.25) is 0 Å². The smallest absolute Gasteiger partial charge is 0.454 e. The molecule has 0 unspecified atom stereocenters. The summed E-state index contributed by atoms with van der Waals surface area (Å²) in [6, 6.07) is 17.0. The summed E-state index contributed by atoms with van der Waals surface area (Å²) in [4.78, 5) is 12.7. The first kappa shape index (κ1) is 21.7. The van der Waals surface area contributed by atoms with Gasteiger partial charge in [-0.1, -0.05) is 51.1 Å². The number of nitrogens with one attached hydrogen (secondary N) is 1. The van der Waals surface area contributed by atoms with E-state index in [0.29, 0.717) is 5.75 Å². The number of carbonyl (C=O) groups excluding carboxylic acids is 1. The Morgan fingerprint density at radius 3 is 2.38 bits per heavy atom. The minimum Gasteiger partial charge on any atom is -0.454 e. The van der Waals surface area contributed by atoms with E-state index in [2.05, 4.69) is 43.0 Å². The number of ether oxygens (including phenoxy) is 2. The molecule has 1 amide bonds. The van der Waals surface area contributed by atoms with Crippen molar-refractivity contribution in [1.29, 1.82) is 0 Å². The lowest BCUT2D eigenvalue weighted by Gasteiger charge is -2.18. The van der Waals surface area contributed by atoms with Crippen molar-refractivity contribution in [3.05, 3.63) is 71.8 Å². The average molecular weight is 441 g/mol. The molecule has 1 N–H and O–H groups in total. The van der Waals surface area contributed by atoms with Crippen LogP contribution in [0.25, 0.3) is 11.1 Å². The van der Waals surface area contributed by atoms with Gasteiger partial charge in [0, 0.05) is 6.07 Å². The van der Waals surface area contributed by atoms with Crippen molar-refractivity contribution in [2.45, 2.75) is 33.6 Å². The minimum atomic E-state index is -4.83. The quantitative estimate of drug-likeness (QED) is 0.468. The number of hydrogen-bond acceptors (Lipinski definition) is 3. The van der Waals surface area contributed by atoms with Crippen LogP contribution in [-0.2, 0) is 6.42 Å². The Hall–Kier alpha value is -3.48. The van der Waals surface area contributed by atoms with Crippen molar-refractivity contribution in [2.75, 3.05) is 5.32 Å². The van der Waals surface area contributed by atoms with Gasteiger partial charge in [0.1, 0.15) is 11.5 Å². The van der Waals surface area contributed by atoms with Crippen LogP contribution in [0.5, 0.6) is 17.2 Å². The number of anilines is 1. The molecule has 0 fully saturated rings. The van der Waals surface area contributed by atoms with E-state index < -0.39 is 18.0 Å². The SMILES string of the molecule is CC(C)(C)Cc1cccc(-c2ccc3c(c2)Oc2ccc(OC(F)(F)F)cc2NC3=O)c1. The Balaban J connectivity index is 1.67. The number of amides is 1.